The Balaban J connectivity index is 1.62. The SMILES string of the molecule is O=C(OCCN1C(=O)c2ccccc2S1(=O)=O)[C@H]1CC=CCC1. The first-order chi connectivity index (χ1) is 11.0. The number of hydrogen-bond donors (Lipinski definition) is 0. The number of carbonyl (C=O) groups excluding carboxylic acids is 2. The minimum Gasteiger partial charge on any atom is -0.464 e. The van der Waals surface area contributed by atoms with Crippen molar-refractivity contribution in [2.24, 2.45) is 5.92 Å². The van der Waals surface area contributed by atoms with Gasteiger partial charge in [-0.1, -0.05) is 24.3 Å². The van der Waals surface area contributed by atoms with Gasteiger partial charge >= 0.3 is 5.97 Å². The van der Waals surface area contributed by atoms with Crippen LogP contribution in [0.2, 0.25) is 0 Å². The van der Waals surface area contributed by atoms with Crippen LogP contribution in [0.4, 0.5) is 0 Å². The van der Waals surface area contributed by atoms with Gasteiger partial charge in [0.05, 0.1) is 18.0 Å². The normalized spacial score (nSPS) is 22.0. The third kappa shape index (κ3) is 2.88. The molecule has 0 radical (unpaired) electrons. The van der Waals surface area contributed by atoms with E-state index in [0.29, 0.717) is 6.42 Å². The summed E-state index contributed by atoms with van der Waals surface area (Å²) < 4.78 is 30.6. The van der Waals surface area contributed by atoms with E-state index >= 15 is 0 Å². The van der Waals surface area contributed by atoms with Crippen molar-refractivity contribution in [3.05, 3.63) is 42.0 Å². The van der Waals surface area contributed by atoms with Crippen LogP contribution < -0.4 is 0 Å². The summed E-state index contributed by atoms with van der Waals surface area (Å²) >= 11 is 0. The van der Waals surface area contributed by atoms with Gasteiger partial charge in [0, 0.05) is 0 Å². The van der Waals surface area contributed by atoms with Gasteiger partial charge in [-0.3, -0.25) is 9.59 Å². The van der Waals surface area contributed by atoms with Gasteiger partial charge in [-0.2, -0.15) is 0 Å². The minimum absolute atomic E-state index is 0.00810. The first kappa shape index (κ1) is 15.7. The molecule has 0 bridgehead atoms. The molecule has 0 fully saturated rings. The lowest BCUT2D eigenvalue weighted by Crippen LogP contribution is -2.34. The van der Waals surface area contributed by atoms with Crippen molar-refractivity contribution in [1.29, 1.82) is 0 Å². The third-order valence-electron chi connectivity index (χ3n) is 4.05. The van der Waals surface area contributed by atoms with Gasteiger partial charge in [-0.15, -0.1) is 0 Å². The predicted molar refractivity (Wildman–Crippen MR) is 82.1 cm³/mol. The molecule has 1 amide bonds. The minimum atomic E-state index is -3.84. The highest BCUT2D eigenvalue weighted by Crippen LogP contribution is 2.29. The molecule has 122 valence electrons. The van der Waals surface area contributed by atoms with Crippen molar-refractivity contribution in [1.82, 2.24) is 4.31 Å². The summed E-state index contributed by atoms with van der Waals surface area (Å²) in [4.78, 5) is 24.1. The molecule has 0 spiro atoms. The lowest BCUT2D eigenvalue weighted by molar-refractivity contribution is -0.148. The van der Waals surface area contributed by atoms with Crippen LogP contribution >= 0.6 is 0 Å². The summed E-state index contributed by atoms with van der Waals surface area (Å²) in [5.74, 6) is -1.09. The van der Waals surface area contributed by atoms with Gasteiger partial charge in [0.15, 0.2) is 0 Å². The highest BCUT2D eigenvalue weighted by atomic mass is 32.2. The maximum Gasteiger partial charge on any atom is 0.309 e. The zero-order valence-corrected chi connectivity index (χ0v) is 13.3. The van der Waals surface area contributed by atoms with Crippen LogP contribution in [-0.2, 0) is 19.6 Å². The summed E-state index contributed by atoms with van der Waals surface area (Å²) in [5.41, 5.74) is 0.163. The zero-order valence-electron chi connectivity index (χ0n) is 12.5. The molecule has 0 aromatic heterocycles. The maximum atomic E-state index is 12.3. The molecule has 1 aromatic carbocycles. The summed E-state index contributed by atoms with van der Waals surface area (Å²) in [6.45, 7) is -0.290. The Kier molecular flexibility index (Phi) is 4.21. The summed E-state index contributed by atoms with van der Waals surface area (Å²) in [6.07, 6.45) is 6.19. The summed E-state index contributed by atoms with van der Waals surface area (Å²) in [6, 6.07) is 6.08. The first-order valence-corrected chi connectivity index (χ1v) is 8.93. The average molecular weight is 335 g/mol. The van der Waals surface area contributed by atoms with E-state index in [1.807, 2.05) is 12.2 Å². The lowest BCUT2D eigenvalue weighted by atomic mass is 9.95. The van der Waals surface area contributed by atoms with Gasteiger partial charge in [0.25, 0.3) is 15.9 Å². The summed E-state index contributed by atoms with van der Waals surface area (Å²) in [5, 5.41) is 0. The van der Waals surface area contributed by atoms with Crippen LogP contribution in [0, 0.1) is 5.92 Å². The molecule has 2 aliphatic rings. The topological polar surface area (TPSA) is 80.8 Å². The molecule has 0 saturated carbocycles. The highest BCUT2D eigenvalue weighted by molar-refractivity contribution is 7.90. The predicted octanol–water partition coefficient (Wildman–Crippen LogP) is 1.73. The number of carbonyl (C=O) groups is 2. The van der Waals surface area contributed by atoms with E-state index in [9.17, 15) is 18.0 Å². The van der Waals surface area contributed by atoms with Gasteiger partial charge in [0.1, 0.15) is 11.5 Å². The molecule has 23 heavy (non-hydrogen) atoms. The van der Waals surface area contributed by atoms with Crippen LogP contribution in [0.1, 0.15) is 29.6 Å². The monoisotopic (exact) mass is 335 g/mol. The van der Waals surface area contributed by atoms with Gasteiger partial charge in [-0.25, -0.2) is 12.7 Å². The molecule has 1 aromatic rings. The van der Waals surface area contributed by atoms with E-state index in [1.165, 1.54) is 12.1 Å². The van der Waals surface area contributed by atoms with E-state index in [2.05, 4.69) is 0 Å². The van der Waals surface area contributed by atoms with E-state index < -0.39 is 15.9 Å². The largest absolute Gasteiger partial charge is 0.464 e. The molecule has 0 unspecified atom stereocenters. The molecular formula is C16H17NO5S. The molecule has 1 heterocycles. The molecule has 1 aliphatic heterocycles. The number of amides is 1. The summed E-state index contributed by atoms with van der Waals surface area (Å²) in [7, 11) is -3.84. The fraction of sp³-hybridized carbons (Fsp3) is 0.375. The smallest absolute Gasteiger partial charge is 0.309 e. The quantitative estimate of drug-likeness (QED) is 0.618. The second-order valence-corrected chi connectivity index (χ2v) is 7.36. The van der Waals surface area contributed by atoms with Crippen molar-refractivity contribution < 1.29 is 22.7 Å². The highest BCUT2D eigenvalue weighted by Gasteiger charge is 2.40. The number of esters is 1. The number of fused-ring (bicyclic) bond motifs is 1. The molecule has 7 heteroatoms. The second-order valence-electron chi connectivity index (χ2n) is 5.53. The first-order valence-electron chi connectivity index (χ1n) is 7.49. The molecule has 0 saturated heterocycles. The van der Waals surface area contributed by atoms with Crippen LogP contribution in [0.3, 0.4) is 0 Å². The van der Waals surface area contributed by atoms with Crippen molar-refractivity contribution in [2.45, 2.75) is 24.2 Å². The zero-order chi connectivity index (χ0) is 16.4. The lowest BCUT2D eigenvalue weighted by Gasteiger charge is -2.18. The average Bonchev–Trinajstić information content (AvgIpc) is 2.76. The van der Waals surface area contributed by atoms with E-state index in [4.69, 9.17) is 4.74 Å². The number of sulfonamides is 1. The Labute approximate surface area is 134 Å². The van der Waals surface area contributed by atoms with Gasteiger partial charge < -0.3 is 4.74 Å². The van der Waals surface area contributed by atoms with Gasteiger partial charge in [0.2, 0.25) is 0 Å². The number of allylic oxidation sites excluding steroid dienone is 2. The van der Waals surface area contributed by atoms with E-state index in [0.717, 1.165) is 17.1 Å². The fourth-order valence-electron chi connectivity index (χ4n) is 2.81. The standard InChI is InChI=1S/C16H17NO5S/c18-15-13-8-4-5-9-14(13)23(20,21)17(15)10-11-22-16(19)12-6-2-1-3-7-12/h1-2,4-5,8-9,12H,3,6-7,10-11H2/t12-/m0/s1. The Morgan fingerprint density at radius 3 is 2.74 bits per heavy atom. The molecule has 1 atom stereocenters. The fourth-order valence-corrected chi connectivity index (χ4v) is 4.36. The Morgan fingerprint density at radius 2 is 2.04 bits per heavy atom. The number of nitrogens with zero attached hydrogens (tertiary/aromatic N) is 1. The van der Waals surface area contributed by atoms with Crippen LogP contribution in [-0.4, -0.2) is 37.8 Å². The van der Waals surface area contributed by atoms with E-state index in [1.54, 1.807) is 12.1 Å². The molecular weight excluding hydrogens is 318 g/mol. The Morgan fingerprint density at radius 1 is 1.26 bits per heavy atom. The Hall–Kier alpha value is -2.15. The molecule has 6 nitrogen and oxygen atoms in total. The molecule has 1 aliphatic carbocycles. The number of benzene rings is 1. The maximum absolute atomic E-state index is 12.3. The van der Waals surface area contributed by atoms with E-state index in [-0.39, 0.29) is 35.5 Å². The van der Waals surface area contributed by atoms with Crippen LogP contribution in [0.25, 0.3) is 0 Å². The second kappa shape index (κ2) is 6.16. The van der Waals surface area contributed by atoms with Crippen molar-refractivity contribution in [3.63, 3.8) is 0 Å². The van der Waals surface area contributed by atoms with Crippen molar-refractivity contribution in [3.8, 4) is 0 Å². The number of hydrogen-bond acceptors (Lipinski definition) is 5. The third-order valence-corrected chi connectivity index (χ3v) is 5.89. The van der Waals surface area contributed by atoms with Crippen LogP contribution in [0.5, 0.6) is 0 Å². The molecule has 3 rings (SSSR count). The van der Waals surface area contributed by atoms with Crippen LogP contribution in [0.15, 0.2) is 41.3 Å². The number of ether oxygens (including phenoxy) is 1. The van der Waals surface area contributed by atoms with Crippen molar-refractivity contribution in [2.75, 3.05) is 13.2 Å². The number of rotatable bonds is 4. The Bertz CT molecular complexity index is 768. The molecule has 0 N–H and O–H groups in total. The van der Waals surface area contributed by atoms with Gasteiger partial charge in [-0.05, 0) is 31.4 Å². The van der Waals surface area contributed by atoms with Crippen molar-refractivity contribution >= 4 is 21.9 Å².